The minimum absolute atomic E-state index is 0.102. The Morgan fingerprint density at radius 1 is 1.16 bits per heavy atom. The second-order valence-electron chi connectivity index (χ2n) is 6.19. The molecule has 0 spiro atoms. The number of hydrogen-bond donors (Lipinski definition) is 1. The average molecular weight is 364 g/mol. The SMILES string of the molecule is CC1(C)Oc2cc(CNS(=O)[O-])ccc2C(c2ccc(F)cc2)=C1F. The van der Waals surface area contributed by atoms with E-state index in [9.17, 15) is 13.2 Å². The molecule has 1 aliphatic rings. The first-order chi connectivity index (χ1) is 11.8. The second kappa shape index (κ2) is 6.67. The number of rotatable bonds is 4. The van der Waals surface area contributed by atoms with E-state index in [0.717, 1.165) is 0 Å². The van der Waals surface area contributed by atoms with Gasteiger partial charge in [0.15, 0.2) is 11.4 Å². The van der Waals surface area contributed by atoms with Crippen LogP contribution in [-0.2, 0) is 17.8 Å². The van der Waals surface area contributed by atoms with Crippen LogP contribution in [0.25, 0.3) is 5.57 Å². The third-order valence-electron chi connectivity index (χ3n) is 3.96. The summed E-state index contributed by atoms with van der Waals surface area (Å²) in [4.78, 5) is 0. The highest BCUT2D eigenvalue weighted by molar-refractivity contribution is 7.77. The molecule has 0 amide bonds. The summed E-state index contributed by atoms with van der Waals surface area (Å²) in [6, 6.07) is 10.6. The Balaban J connectivity index is 2.08. The monoisotopic (exact) mass is 364 g/mol. The summed E-state index contributed by atoms with van der Waals surface area (Å²) in [5.74, 6) is -0.400. The zero-order valence-corrected chi connectivity index (χ0v) is 14.5. The largest absolute Gasteiger partial charge is 0.760 e. The molecule has 1 heterocycles. The second-order valence-corrected chi connectivity index (χ2v) is 6.95. The van der Waals surface area contributed by atoms with Crippen LogP contribution in [0.15, 0.2) is 48.3 Å². The van der Waals surface area contributed by atoms with Gasteiger partial charge in [-0.25, -0.2) is 13.5 Å². The fourth-order valence-corrected chi connectivity index (χ4v) is 3.03. The maximum absolute atomic E-state index is 15.0. The molecule has 0 radical (unpaired) electrons. The van der Waals surface area contributed by atoms with E-state index in [0.29, 0.717) is 28.0 Å². The molecular formula is C18H16F2NO3S-. The van der Waals surface area contributed by atoms with E-state index in [2.05, 4.69) is 4.72 Å². The lowest BCUT2D eigenvalue weighted by molar-refractivity contribution is 0.117. The standard InChI is InChI=1S/C18H17F2NO3S/c1-18(2)17(20)16(12-4-6-13(19)7-5-12)14-8-3-11(9-15(14)24-18)10-21-25(22)23/h3-9,21H,10H2,1-2H3,(H,22,23)/p-1. The van der Waals surface area contributed by atoms with Gasteiger partial charge in [-0.15, -0.1) is 0 Å². The van der Waals surface area contributed by atoms with Crippen LogP contribution in [0.2, 0.25) is 0 Å². The van der Waals surface area contributed by atoms with Crippen molar-refractivity contribution in [3.05, 3.63) is 70.8 Å². The van der Waals surface area contributed by atoms with Gasteiger partial charge in [0.2, 0.25) is 0 Å². The molecule has 0 aromatic heterocycles. The summed E-state index contributed by atoms with van der Waals surface area (Å²) in [5, 5.41) is 0. The van der Waals surface area contributed by atoms with Crippen molar-refractivity contribution >= 4 is 16.8 Å². The van der Waals surface area contributed by atoms with Crippen molar-refractivity contribution in [1.82, 2.24) is 4.72 Å². The minimum Gasteiger partial charge on any atom is -0.760 e. The van der Waals surface area contributed by atoms with Crippen molar-refractivity contribution in [2.75, 3.05) is 0 Å². The molecule has 4 nitrogen and oxygen atoms in total. The molecule has 1 unspecified atom stereocenters. The maximum atomic E-state index is 15.0. The molecule has 132 valence electrons. The highest BCUT2D eigenvalue weighted by Crippen LogP contribution is 2.44. The molecule has 0 aliphatic carbocycles. The Morgan fingerprint density at radius 3 is 2.48 bits per heavy atom. The van der Waals surface area contributed by atoms with Gasteiger partial charge < -0.3 is 9.29 Å². The summed E-state index contributed by atoms with van der Waals surface area (Å²) >= 11 is -2.37. The van der Waals surface area contributed by atoms with Crippen molar-refractivity contribution in [3.8, 4) is 5.75 Å². The van der Waals surface area contributed by atoms with Gasteiger partial charge in [-0.2, -0.15) is 0 Å². The predicted octanol–water partition coefficient (Wildman–Crippen LogP) is 3.61. The van der Waals surface area contributed by atoms with Gasteiger partial charge >= 0.3 is 0 Å². The predicted molar refractivity (Wildman–Crippen MR) is 90.4 cm³/mol. The molecule has 1 aliphatic heterocycles. The van der Waals surface area contributed by atoms with Gasteiger partial charge in [-0.3, -0.25) is 4.21 Å². The van der Waals surface area contributed by atoms with Crippen LogP contribution in [0.1, 0.15) is 30.5 Å². The Kier molecular flexibility index (Phi) is 4.73. The van der Waals surface area contributed by atoms with E-state index >= 15 is 4.39 Å². The third kappa shape index (κ3) is 3.63. The maximum Gasteiger partial charge on any atom is 0.155 e. The molecule has 7 heteroatoms. The number of ether oxygens (including phenoxy) is 1. The van der Waals surface area contributed by atoms with E-state index in [1.54, 1.807) is 32.0 Å². The van der Waals surface area contributed by atoms with Gasteiger partial charge in [0.25, 0.3) is 0 Å². The van der Waals surface area contributed by atoms with Crippen LogP contribution >= 0.6 is 0 Å². The molecule has 1 N–H and O–H groups in total. The van der Waals surface area contributed by atoms with Crippen LogP contribution < -0.4 is 9.46 Å². The minimum atomic E-state index is -2.37. The summed E-state index contributed by atoms with van der Waals surface area (Å²) in [6.07, 6.45) is 0. The number of hydrogen-bond acceptors (Lipinski definition) is 3. The lowest BCUT2D eigenvalue weighted by atomic mass is 9.88. The Bertz CT molecular complexity index is 863. The summed E-state index contributed by atoms with van der Waals surface area (Å²) in [5.41, 5.74) is 0.917. The first-order valence-electron chi connectivity index (χ1n) is 7.59. The lowest BCUT2D eigenvalue weighted by Crippen LogP contribution is -2.33. The van der Waals surface area contributed by atoms with E-state index in [4.69, 9.17) is 4.74 Å². The average Bonchev–Trinajstić information content (AvgIpc) is 2.55. The molecule has 0 bridgehead atoms. The third-order valence-corrected chi connectivity index (χ3v) is 4.34. The Hall–Kier alpha value is -2.09. The number of fused-ring (bicyclic) bond motifs is 1. The number of nitrogens with one attached hydrogen (secondary N) is 1. The van der Waals surface area contributed by atoms with Crippen molar-refractivity contribution < 1.29 is 22.3 Å². The van der Waals surface area contributed by atoms with Crippen molar-refractivity contribution in [2.24, 2.45) is 0 Å². The zero-order chi connectivity index (χ0) is 18.2. The highest BCUT2D eigenvalue weighted by atomic mass is 32.2. The fourth-order valence-electron chi connectivity index (χ4n) is 2.75. The topological polar surface area (TPSA) is 61.4 Å². The first-order valence-corrected chi connectivity index (χ1v) is 8.67. The van der Waals surface area contributed by atoms with E-state index in [-0.39, 0.29) is 6.54 Å². The summed E-state index contributed by atoms with van der Waals surface area (Å²) in [7, 11) is 0. The van der Waals surface area contributed by atoms with E-state index in [1.807, 2.05) is 0 Å². The van der Waals surface area contributed by atoms with Crippen LogP contribution in [0.4, 0.5) is 8.78 Å². The van der Waals surface area contributed by atoms with Gasteiger partial charge in [0, 0.05) is 28.9 Å². The van der Waals surface area contributed by atoms with Crippen LogP contribution in [0, 0.1) is 5.82 Å². The molecular weight excluding hydrogens is 348 g/mol. The Morgan fingerprint density at radius 2 is 1.84 bits per heavy atom. The van der Waals surface area contributed by atoms with E-state index < -0.39 is 28.5 Å². The first kappa shape index (κ1) is 17.7. The van der Waals surface area contributed by atoms with Gasteiger partial charge in [-0.05, 0) is 43.2 Å². The van der Waals surface area contributed by atoms with Crippen LogP contribution in [0.5, 0.6) is 5.75 Å². The molecule has 2 aromatic carbocycles. The number of benzene rings is 2. The van der Waals surface area contributed by atoms with Gasteiger partial charge in [0.1, 0.15) is 11.6 Å². The smallest absolute Gasteiger partial charge is 0.155 e. The van der Waals surface area contributed by atoms with E-state index in [1.165, 1.54) is 24.3 Å². The van der Waals surface area contributed by atoms with Crippen molar-refractivity contribution in [2.45, 2.75) is 26.0 Å². The quantitative estimate of drug-likeness (QED) is 0.843. The molecule has 25 heavy (non-hydrogen) atoms. The van der Waals surface area contributed by atoms with Crippen molar-refractivity contribution in [3.63, 3.8) is 0 Å². The summed E-state index contributed by atoms with van der Waals surface area (Å²) < 4.78 is 57.6. The van der Waals surface area contributed by atoms with Crippen LogP contribution in [0.3, 0.4) is 0 Å². The molecule has 0 saturated carbocycles. The molecule has 3 rings (SSSR count). The molecule has 2 aromatic rings. The van der Waals surface area contributed by atoms with Gasteiger partial charge in [-0.1, -0.05) is 24.3 Å². The van der Waals surface area contributed by atoms with Gasteiger partial charge in [0.05, 0.1) is 0 Å². The van der Waals surface area contributed by atoms with Crippen LogP contribution in [-0.4, -0.2) is 14.4 Å². The Labute approximate surface area is 146 Å². The zero-order valence-electron chi connectivity index (χ0n) is 13.6. The normalized spacial score (nSPS) is 17.0. The molecule has 0 saturated heterocycles. The molecule has 0 fully saturated rings. The number of halogens is 2. The highest BCUT2D eigenvalue weighted by Gasteiger charge is 2.36. The summed E-state index contributed by atoms with van der Waals surface area (Å²) in [6.45, 7) is 3.31. The lowest BCUT2D eigenvalue weighted by Gasteiger charge is -2.33. The fraction of sp³-hybridized carbons (Fsp3) is 0.222. The molecule has 1 atom stereocenters. The van der Waals surface area contributed by atoms with Crippen molar-refractivity contribution in [1.29, 1.82) is 0 Å².